The summed E-state index contributed by atoms with van der Waals surface area (Å²) in [5, 5.41) is 9.09. The van der Waals surface area contributed by atoms with Crippen LogP contribution in [0.3, 0.4) is 0 Å². The molecule has 1 aromatic carbocycles. The smallest absolute Gasteiger partial charge is 0.372 e. The van der Waals surface area contributed by atoms with Crippen molar-refractivity contribution in [1.82, 2.24) is 0 Å². The number of nitrogens with zero attached hydrogens (tertiary/aromatic N) is 1. The number of carbonyl (C=O) groups is 1. The van der Waals surface area contributed by atoms with Crippen LogP contribution in [0, 0.1) is 6.92 Å². The van der Waals surface area contributed by atoms with E-state index in [1.54, 1.807) is 6.92 Å². The fraction of sp³-hybridized carbons (Fsp3) is 0.353. The molecule has 1 unspecified atom stereocenters. The van der Waals surface area contributed by atoms with Crippen LogP contribution < -0.4 is 4.90 Å². The predicted molar refractivity (Wildman–Crippen MR) is 80.8 cm³/mol. The molecule has 0 spiro atoms. The maximum Gasteiger partial charge on any atom is 0.372 e. The van der Waals surface area contributed by atoms with Crippen molar-refractivity contribution in [2.24, 2.45) is 0 Å². The van der Waals surface area contributed by atoms with Crippen molar-refractivity contribution in [3.63, 3.8) is 0 Å². The molecular weight excluding hydrogens is 266 g/mol. The van der Waals surface area contributed by atoms with Gasteiger partial charge < -0.3 is 14.4 Å². The van der Waals surface area contributed by atoms with E-state index in [0.29, 0.717) is 23.9 Å². The van der Waals surface area contributed by atoms with E-state index >= 15 is 0 Å². The Balaban J connectivity index is 1.91. The predicted octanol–water partition coefficient (Wildman–Crippen LogP) is 3.63. The van der Waals surface area contributed by atoms with E-state index in [9.17, 15) is 4.79 Å². The lowest BCUT2D eigenvalue weighted by molar-refractivity contribution is 0.0659. The number of hydrogen-bond donors (Lipinski definition) is 1. The Morgan fingerprint density at radius 2 is 2.19 bits per heavy atom. The number of aromatic carboxylic acids is 1. The van der Waals surface area contributed by atoms with E-state index in [1.165, 1.54) is 11.3 Å². The van der Waals surface area contributed by atoms with Crippen molar-refractivity contribution in [3.8, 4) is 0 Å². The molecule has 0 saturated carbocycles. The molecule has 1 aliphatic heterocycles. The lowest BCUT2D eigenvalue weighted by atomic mass is 9.96. The Hall–Kier alpha value is -2.23. The SMILES string of the molecule is Cc1cc(CN2c3ccccc3CCC2C)oc1C(=O)O. The van der Waals surface area contributed by atoms with Crippen LogP contribution in [0.1, 0.15) is 40.8 Å². The van der Waals surface area contributed by atoms with Gasteiger partial charge in [-0.3, -0.25) is 0 Å². The zero-order valence-corrected chi connectivity index (χ0v) is 12.3. The third kappa shape index (κ3) is 2.53. The average Bonchev–Trinajstić information content (AvgIpc) is 2.83. The zero-order chi connectivity index (χ0) is 15.0. The Kier molecular flexibility index (Phi) is 3.45. The number of para-hydroxylation sites is 1. The second-order valence-electron chi connectivity index (χ2n) is 5.67. The summed E-state index contributed by atoms with van der Waals surface area (Å²) in [4.78, 5) is 13.4. The Labute approximate surface area is 124 Å². The fourth-order valence-electron chi connectivity index (χ4n) is 3.01. The average molecular weight is 285 g/mol. The number of carboxylic acid groups (broad SMARTS) is 1. The Morgan fingerprint density at radius 3 is 2.90 bits per heavy atom. The van der Waals surface area contributed by atoms with Crippen LogP contribution in [0.2, 0.25) is 0 Å². The summed E-state index contributed by atoms with van der Waals surface area (Å²) in [6.45, 7) is 4.57. The third-order valence-corrected chi connectivity index (χ3v) is 4.15. The molecule has 2 aromatic rings. The Bertz CT molecular complexity index is 674. The van der Waals surface area contributed by atoms with Gasteiger partial charge in [0.25, 0.3) is 0 Å². The van der Waals surface area contributed by atoms with E-state index in [0.717, 1.165) is 12.8 Å². The molecule has 1 atom stereocenters. The summed E-state index contributed by atoms with van der Waals surface area (Å²) in [6, 6.07) is 10.6. The van der Waals surface area contributed by atoms with Gasteiger partial charge in [0.1, 0.15) is 5.76 Å². The van der Waals surface area contributed by atoms with E-state index in [4.69, 9.17) is 9.52 Å². The van der Waals surface area contributed by atoms with Gasteiger partial charge in [-0.15, -0.1) is 0 Å². The second-order valence-corrected chi connectivity index (χ2v) is 5.67. The summed E-state index contributed by atoms with van der Waals surface area (Å²) in [5.74, 6) is -0.262. The van der Waals surface area contributed by atoms with Crippen LogP contribution in [0.5, 0.6) is 0 Å². The maximum absolute atomic E-state index is 11.1. The number of rotatable bonds is 3. The van der Waals surface area contributed by atoms with Gasteiger partial charge in [-0.2, -0.15) is 0 Å². The molecule has 0 fully saturated rings. The van der Waals surface area contributed by atoms with Crippen molar-refractivity contribution in [2.75, 3.05) is 4.90 Å². The number of carboxylic acids is 1. The first-order valence-corrected chi connectivity index (χ1v) is 7.23. The number of hydrogen-bond acceptors (Lipinski definition) is 3. The summed E-state index contributed by atoms with van der Waals surface area (Å²) < 4.78 is 5.50. The zero-order valence-electron chi connectivity index (χ0n) is 12.3. The molecule has 110 valence electrons. The number of furan rings is 1. The first kappa shape index (κ1) is 13.7. The first-order chi connectivity index (χ1) is 10.1. The van der Waals surface area contributed by atoms with E-state index in [2.05, 4.69) is 30.0 Å². The van der Waals surface area contributed by atoms with Gasteiger partial charge in [0.15, 0.2) is 0 Å². The number of benzene rings is 1. The lowest BCUT2D eigenvalue weighted by Crippen LogP contribution is -2.36. The first-order valence-electron chi connectivity index (χ1n) is 7.23. The van der Waals surface area contributed by atoms with Crippen LogP contribution in [0.4, 0.5) is 5.69 Å². The molecule has 0 radical (unpaired) electrons. The number of aryl methyl sites for hydroxylation is 2. The van der Waals surface area contributed by atoms with E-state index < -0.39 is 5.97 Å². The van der Waals surface area contributed by atoms with Crippen LogP contribution in [0.25, 0.3) is 0 Å². The van der Waals surface area contributed by atoms with Crippen molar-refractivity contribution in [2.45, 2.75) is 39.3 Å². The third-order valence-electron chi connectivity index (χ3n) is 4.15. The molecule has 2 heterocycles. The van der Waals surface area contributed by atoms with Crippen molar-refractivity contribution < 1.29 is 14.3 Å². The molecule has 1 aliphatic rings. The normalized spacial score (nSPS) is 17.6. The standard InChI is InChI=1S/C17H19NO3/c1-11-9-14(21-16(11)17(19)20)10-18-12(2)7-8-13-5-3-4-6-15(13)18/h3-6,9,12H,7-8,10H2,1-2H3,(H,19,20). The van der Waals surface area contributed by atoms with Crippen LogP contribution in [-0.4, -0.2) is 17.1 Å². The molecule has 4 heteroatoms. The van der Waals surface area contributed by atoms with Gasteiger partial charge in [-0.25, -0.2) is 4.79 Å². The van der Waals surface area contributed by atoms with Crippen molar-refractivity contribution >= 4 is 11.7 Å². The fourth-order valence-corrected chi connectivity index (χ4v) is 3.01. The van der Waals surface area contributed by atoms with Gasteiger partial charge in [0.05, 0.1) is 6.54 Å². The molecule has 1 N–H and O–H groups in total. The van der Waals surface area contributed by atoms with Crippen molar-refractivity contribution in [1.29, 1.82) is 0 Å². The highest BCUT2D eigenvalue weighted by molar-refractivity contribution is 5.86. The molecule has 0 bridgehead atoms. The highest BCUT2D eigenvalue weighted by Crippen LogP contribution is 2.32. The second kappa shape index (κ2) is 5.28. The largest absolute Gasteiger partial charge is 0.475 e. The maximum atomic E-state index is 11.1. The minimum atomic E-state index is -1.01. The molecular formula is C17H19NO3. The summed E-state index contributed by atoms with van der Waals surface area (Å²) in [5.41, 5.74) is 3.25. The minimum absolute atomic E-state index is 0.0444. The van der Waals surface area contributed by atoms with Gasteiger partial charge in [0.2, 0.25) is 5.76 Å². The molecule has 0 saturated heterocycles. The Morgan fingerprint density at radius 1 is 1.43 bits per heavy atom. The molecule has 21 heavy (non-hydrogen) atoms. The highest BCUT2D eigenvalue weighted by Gasteiger charge is 2.24. The van der Waals surface area contributed by atoms with Crippen molar-refractivity contribution in [3.05, 3.63) is 53.0 Å². The van der Waals surface area contributed by atoms with E-state index in [-0.39, 0.29) is 5.76 Å². The summed E-state index contributed by atoms with van der Waals surface area (Å²) in [7, 11) is 0. The van der Waals surface area contributed by atoms with Gasteiger partial charge in [-0.1, -0.05) is 18.2 Å². The highest BCUT2D eigenvalue weighted by atomic mass is 16.4. The molecule has 1 aromatic heterocycles. The van der Waals surface area contributed by atoms with Crippen LogP contribution in [-0.2, 0) is 13.0 Å². The summed E-state index contributed by atoms with van der Waals surface area (Å²) >= 11 is 0. The summed E-state index contributed by atoms with van der Waals surface area (Å²) in [6.07, 6.45) is 2.19. The number of fused-ring (bicyclic) bond motifs is 1. The molecule has 0 amide bonds. The quantitative estimate of drug-likeness (QED) is 0.935. The van der Waals surface area contributed by atoms with Gasteiger partial charge in [-0.05, 0) is 44.4 Å². The van der Waals surface area contributed by atoms with Gasteiger partial charge >= 0.3 is 5.97 Å². The molecule has 0 aliphatic carbocycles. The minimum Gasteiger partial charge on any atom is -0.475 e. The lowest BCUT2D eigenvalue weighted by Gasteiger charge is -2.36. The molecule has 4 nitrogen and oxygen atoms in total. The van der Waals surface area contributed by atoms with Crippen LogP contribution >= 0.6 is 0 Å². The van der Waals surface area contributed by atoms with Gasteiger partial charge in [0, 0.05) is 17.3 Å². The van der Waals surface area contributed by atoms with Crippen LogP contribution in [0.15, 0.2) is 34.7 Å². The number of anilines is 1. The topological polar surface area (TPSA) is 53.7 Å². The van der Waals surface area contributed by atoms with E-state index in [1.807, 2.05) is 12.1 Å². The molecule has 3 rings (SSSR count). The monoisotopic (exact) mass is 285 g/mol.